The van der Waals surface area contributed by atoms with Crippen molar-refractivity contribution < 1.29 is 19.4 Å². The van der Waals surface area contributed by atoms with Gasteiger partial charge in [0.2, 0.25) is 20.2 Å². The number of benzene rings is 5. The third-order valence-corrected chi connectivity index (χ3v) is 43.7. The Bertz CT molecular complexity index is 6640. The Balaban J connectivity index is 0.000000176. The summed E-state index contributed by atoms with van der Waals surface area (Å²) in [6.45, 7) is 25.5. The second kappa shape index (κ2) is 52.3. The molecule has 3 saturated heterocycles. The number of aromatic nitrogens is 18. The molecule has 0 bridgehead atoms. The van der Waals surface area contributed by atoms with Gasteiger partial charge in [0, 0.05) is 152 Å². The molecule has 10 aromatic heterocycles. The Morgan fingerprint density at radius 1 is 0.563 bits per heavy atom. The third-order valence-electron chi connectivity index (χ3n) is 22.8. The smallest absolute Gasteiger partial charge is 0.214 e. The van der Waals surface area contributed by atoms with Gasteiger partial charge in [0.05, 0.1) is 63.5 Å². The number of hydrogen-bond acceptors (Lipinski definition) is 28. The average molecular weight is 2250 g/mol. The van der Waals surface area contributed by atoms with Crippen molar-refractivity contribution in [3.05, 3.63) is 172 Å². The number of hydrogen-bond donors (Lipinski definition) is 3. The molecule has 1 unspecified atom stereocenters. The number of fused-ring (bicyclic) bond motifs is 7. The number of aryl methyl sites for hydroxylation is 5. The maximum absolute atomic E-state index is 11.5. The number of aliphatic hydroxyl groups is 1. The summed E-state index contributed by atoms with van der Waals surface area (Å²) in [5.41, 5.74) is 16.2. The number of carbonyl (C=O) groups excluding carboxylic acids is 1. The largest absolute Gasteiger partial charge is 0.374 e. The molecule has 0 amide bonds. The van der Waals surface area contributed by atoms with Crippen LogP contribution in [0.2, 0.25) is 13.3 Å². The number of imidazole rings is 2. The SMILES string of the molecule is C.C=C(OCC)c1cc(C#N)c2nn(C)cc2c1.C=[C](C)[Sn]([CH2]CCC)([CH2]CCC)[CH2]CCC.CN1CCC(N(C)c2nn3cc(-c4cc(C#N)c5nn(C)cc5c4)nc3s2)CC1.CNC1CCN(C)CC1.Cn1cc2cc(-c3cn4nc(Br)sc4n3)cc(C#N)c2n1.Cn1cc2cc(Br)cc(C#N)c2n1.Cn1cc2cc(C(=O)CBr)cc(C#N)c2n1.Nc1nnc(Br)s1.OC1CCCO1. The number of nitrogens with zero attached hydrogens (tertiary/aromatic N) is 26. The molecule has 4 N–H and O–H groups in total. The summed E-state index contributed by atoms with van der Waals surface area (Å²) in [7, 11) is 17.7. The fourth-order valence-electron chi connectivity index (χ4n) is 15.6. The van der Waals surface area contributed by atoms with Crippen molar-refractivity contribution >= 4 is 202 Å². The predicted octanol–water partition coefficient (Wildman–Crippen LogP) is 20.3. The summed E-state index contributed by atoms with van der Waals surface area (Å²) in [6.07, 6.45) is 27.9. The van der Waals surface area contributed by atoms with E-state index in [0.29, 0.717) is 73.5 Å². The number of nitrogens with one attached hydrogen (secondary N) is 1. The van der Waals surface area contributed by atoms with E-state index in [4.69, 9.17) is 46.2 Å². The van der Waals surface area contributed by atoms with Crippen molar-refractivity contribution in [2.75, 3.05) is 83.5 Å². The van der Waals surface area contributed by atoms with E-state index in [1.165, 1.54) is 87.1 Å². The number of ketones is 1. The van der Waals surface area contributed by atoms with E-state index >= 15 is 0 Å². The fourth-order valence-corrected chi connectivity index (χ4v) is 34.0. The van der Waals surface area contributed by atoms with Gasteiger partial charge in [-0.05, 0) is 179 Å². The van der Waals surface area contributed by atoms with Crippen LogP contribution in [0.3, 0.4) is 0 Å². The second-order valence-corrected chi connectivity index (χ2v) is 53.9. The number of nitriles is 5. The second-order valence-electron chi connectivity index (χ2n) is 32.9. The van der Waals surface area contributed by atoms with E-state index in [0.717, 1.165) is 145 Å². The van der Waals surface area contributed by atoms with Gasteiger partial charge < -0.3 is 40.3 Å². The maximum Gasteiger partial charge on any atom is 0.214 e. The number of piperidine rings is 2. The first kappa shape index (κ1) is 108. The number of nitrogens with two attached hydrogens (primary N) is 1. The van der Waals surface area contributed by atoms with Crippen LogP contribution in [0.25, 0.3) is 92.7 Å². The van der Waals surface area contributed by atoms with Crippen molar-refractivity contribution in [2.45, 2.75) is 151 Å². The molecule has 1 atom stereocenters. The van der Waals surface area contributed by atoms with Crippen LogP contribution in [-0.4, -0.2) is 219 Å². The number of nitrogen functional groups attached to an aromatic ring is 1. The zero-order chi connectivity index (χ0) is 97.0. The third kappa shape index (κ3) is 29.9. The molecule has 40 heteroatoms. The van der Waals surface area contributed by atoms with Gasteiger partial charge in [0.25, 0.3) is 0 Å². The van der Waals surface area contributed by atoms with Gasteiger partial charge in [-0.2, -0.15) is 51.8 Å². The molecule has 3 aliphatic rings. The van der Waals surface area contributed by atoms with Gasteiger partial charge in [-0.25, -0.2) is 19.0 Å². The Morgan fingerprint density at radius 3 is 1.34 bits per heavy atom. The van der Waals surface area contributed by atoms with E-state index < -0.39 is 24.7 Å². The van der Waals surface area contributed by atoms with Gasteiger partial charge >= 0.3 is 108 Å². The molecule has 3 fully saturated rings. The van der Waals surface area contributed by atoms with Gasteiger partial charge in [0.15, 0.2) is 19.9 Å². The summed E-state index contributed by atoms with van der Waals surface area (Å²) >= 11 is 15.3. The first-order valence-electron chi connectivity index (χ1n) is 44.1. The van der Waals surface area contributed by atoms with E-state index in [-0.39, 0.29) is 18.5 Å². The molecule has 13 heterocycles. The van der Waals surface area contributed by atoms with Crippen LogP contribution in [0.4, 0.5) is 10.3 Å². The first-order valence-corrected chi connectivity index (χ1v) is 57.5. The number of Topliss-reactive ketones (excluding diaryl/α,β-unsaturated/α-hetero) is 1. The number of unbranched alkanes of at least 4 members (excludes halogenated alkanes) is 3. The zero-order valence-electron chi connectivity index (χ0n) is 78.1. The maximum atomic E-state index is 11.5. The quantitative estimate of drug-likeness (QED) is 0.0276. The molecule has 0 radical (unpaired) electrons. The minimum Gasteiger partial charge on any atom is -0.374 e. The number of likely N-dealkylation sites (tertiary alicyclic amines) is 2. The molecular formula is C95H118Br4N28O4S3Sn. The van der Waals surface area contributed by atoms with E-state index in [2.05, 4.69) is 229 Å². The number of alkyl halides is 1. The van der Waals surface area contributed by atoms with Crippen molar-refractivity contribution in [2.24, 2.45) is 35.2 Å². The van der Waals surface area contributed by atoms with Crippen molar-refractivity contribution in [3.63, 3.8) is 0 Å². The molecule has 0 spiro atoms. The molecule has 15 aromatic rings. The number of aliphatic hydroxyl groups excluding tert-OH is 1. The van der Waals surface area contributed by atoms with Crippen LogP contribution in [0.1, 0.15) is 163 Å². The Morgan fingerprint density at radius 2 is 0.978 bits per heavy atom. The van der Waals surface area contributed by atoms with Crippen molar-refractivity contribution in [3.8, 4) is 52.9 Å². The molecule has 18 rings (SSSR count). The normalized spacial score (nSPS) is 13.7. The molecule has 5 aromatic carbocycles. The topological polar surface area (TPSA) is 398 Å². The number of allylic oxidation sites excluding steroid dienone is 1. The van der Waals surface area contributed by atoms with Crippen LogP contribution in [-0.2, 0) is 44.7 Å². The van der Waals surface area contributed by atoms with Crippen LogP contribution >= 0.6 is 97.7 Å². The van der Waals surface area contributed by atoms with Crippen LogP contribution in [0.5, 0.6) is 0 Å². The average Bonchev–Trinajstić information content (AvgIpc) is 1.63. The minimum atomic E-state index is -1.94. The van der Waals surface area contributed by atoms with Crippen LogP contribution in [0, 0.1) is 56.7 Å². The molecule has 135 heavy (non-hydrogen) atoms. The number of carbonyl (C=O) groups is 1. The van der Waals surface area contributed by atoms with Gasteiger partial charge in [0.1, 0.15) is 63.7 Å². The summed E-state index contributed by atoms with van der Waals surface area (Å²) in [4.78, 5) is 29.6. The molecule has 32 nitrogen and oxygen atoms in total. The Hall–Kier alpha value is -10.3. The summed E-state index contributed by atoms with van der Waals surface area (Å²) in [5, 5.41) is 101. The van der Waals surface area contributed by atoms with Gasteiger partial charge in [-0.1, -0.05) is 79.9 Å². The summed E-state index contributed by atoms with van der Waals surface area (Å²) in [6, 6.07) is 30.5. The van der Waals surface area contributed by atoms with Crippen LogP contribution < -0.4 is 16.0 Å². The number of ether oxygens (including phenoxy) is 2. The first-order chi connectivity index (χ1) is 64.3. The molecule has 0 saturated carbocycles. The Kier molecular flexibility index (Phi) is 42.0. The number of anilines is 2. The standard InChI is InChI=1S/C20H22N8S.C13H7BrN6S.C13H13N3O.C11H8BrN3O.C9H6BrN3.C7H16N2.C4H8O2.3C4H9.C3H5.C2H2BrN3S.CH4.Sn/c1-25-6-4-16(5-7-25)27(3)20-24-28-12-17(22-19(28)29-20)13-8-14(10-21)18-15(9-13)11-26(2)23-18;1-19-5-9-3-7(2-8(4-15)11(9)17-19)10-6-20-13(16-10)21-12(14)18-20;1-4-17-9(2)10-5-11(7-14)13-12(6-10)8-16(3)15-13;1-15-6-9-3-7(10(16)4-12)2-8(5-13)11(9)14-15;1-13-5-7-3-8(10)2-6(4-11)9(7)12-13;1-8-7-3-5-9(2)6-4-7;5-4-2-1-3-6-4;3*1-3-4-2;1-3-2;3-1-5-6-2(4)7-1;;/h8-9,11-12,16H,4-7H2,1-3H3;2-3,5-6H,1H3;5-6,8H,2,4H2,1,3H3;2-3,6H,4H2,1H3;2-3,5H,1H3;7-8H,3-6H2,1-2H3;4-5H,1-3H2;3*1,3-4H2,2H3;1H2,2H3;(H2,4,6);1H4;. The summed E-state index contributed by atoms with van der Waals surface area (Å²) in [5.74, 6) is 0.539. The molecule has 712 valence electrons. The van der Waals surface area contributed by atoms with Gasteiger partial charge in [-0.3, -0.25) is 28.2 Å². The molecule has 0 aliphatic carbocycles. The monoisotopic (exact) mass is 2250 g/mol. The fraction of sp³-hybridized carbons (Fsp3) is 0.421. The number of halogens is 4. The van der Waals surface area contributed by atoms with Crippen molar-refractivity contribution in [1.82, 2.24) is 103 Å². The van der Waals surface area contributed by atoms with Gasteiger partial charge in [-0.15, -0.1) is 20.4 Å². The minimum absolute atomic E-state index is 0. The molecule has 3 aliphatic heterocycles. The van der Waals surface area contributed by atoms with E-state index in [9.17, 15) is 15.3 Å². The van der Waals surface area contributed by atoms with Crippen LogP contribution in [0.15, 0.2) is 133 Å². The Labute approximate surface area is 838 Å². The molecular weight excluding hydrogens is 2130 g/mol. The van der Waals surface area contributed by atoms with E-state index in [1.54, 1.807) is 93.7 Å². The predicted molar refractivity (Wildman–Crippen MR) is 559 cm³/mol. The number of rotatable bonds is 20. The van der Waals surface area contributed by atoms with Crippen molar-refractivity contribution in [1.29, 1.82) is 26.3 Å². The summed E-state index contributed by atoms with van der Waals surface area (Å²) < 4.78 is 30.9. The zero-order valence-corrected chi connectivity index (χ0v) is 89.8. The van der Waals surface area contributed by atoms with E-state index in [1.807, 2.05) is 113 Å².